The molecule has 3 rings (SSSR count). The van der Waals surface area contributed by atoms with Crippen molar-refractivity contribution in [1.82, 2.24) is 14.8 Å². The van der Waals surface area contributed by atoms with Crippen molar-refractivity contribution in [3.63, 3.8) is 0 Å². The molecule has 124 valence electrons. The molecular formula is C16H19F2N3O2. The molecule has 2 aliphatic carbocycles. The first-order valence-electron chi connectivity index (χ1n) is 7.69. The van der Waals surface area contributed by atoms with E-state index in [4.69, 9.17) is 0 Å². The molecule has 1 N–H and O–H groups in total. The van der Waals surface area contributed by atoms with Crippen molar-refractivity contribution in [3.05, 3.63) is 36.0 Å². The van der Waals surface area contributed by atoms with Crippen molar-refractivity contribution < 1.29 is 18.7 Å². The van der Waals surface area contributed by atoms with Crippen molar-refractivity contribution in [1.29, 1.82) is 0 Å². The Morgan fingerprint density at radius 2 is 2.30 bits per heavy atom. The molecule has 2 aliphatic rings. The first-order chi connectivity index (χ1) is 10.9. The standard InChI is InChI=1S/C16H19F2N3O2/c1-10-19-14(13(17)18)20-21(10)8-7-16(9-12(16)15(22)23)11-5-3-2-4-6-11/h2-5,11-13H,6-9H2,1H3,(H,22,23)/t11?,12-,16-/m0/s1. The van der Waals surface area contributed by atoms with E-state index in [1.54, 1.807) is 6.92 Å². The summed E-state index contributed by atoms with van der Waals surface area (Å²) >= 11 is 0. The summed E-state index contributed by atoms with van der Waals surface area (Å²) in [5.41, 5.74) is -0.309. The summed E-state index contributed by atoms with van der Waals surface area (Å²) in [7, 11) is 0. The lowest BCUT2D eigenvalue weighted by molar-refractivity contribution is -0.139. The van der Waals surface area contributed by atoms with Crippen LogP contribution in [0.1, 0.15) is 37.3 Å². The Bertz CT molecular complexity index is 668. The maximum atomic E-state index is 12.7. The molecule has 23 heavy (non-hydrogen) atoms. The monoisotopic (exact) mass is 323 g/mol. The van der Waals surface area contributed by atoms with Gasteiger partial charge in [-0.15, -0.1) is 5.10 Å². The molecule has 0 bridgehead atoms. The Kier molecular flexibility index (Phi) is 4.04. The molecule has 5 nitrogen and oxygen atoms in total. The minimum atomic E-state index is -2.69. The van der Waals surface area contributed by atoms with E-state index < -0.39 is 18.2 Å². The maximum absolute atomic E-state index is 12.7. The quantitative estimate of drug-likeness (QED) is 0.873. The van der Waals surface area contributed by atoms with E-state index in [1.165, 1.54) is 4.68 Å². The van der Waals surface area contributed by atoms with Gasteiger partial charge in [0.15, 0.2) is 0 Å². The molecule has 0 saturated heterocycles. The molecule has 7 heteroatoms. The summed E-state index contributed by atoms with van der Waals surface area (Å²) < 4.78 is 26.8. The van der Waals surface area contributed by atoms with Crippen LogP contribution in [0.15, 0.2) is 24.3 Å². The first kappa shape index (κ1) is 15.8. The second-order valence-corrected chi connectivity index (χ2v) is 6.27. The summed E-state index contributed by atoms with van der Waals surface area (Å²) in [4.78, 5) is 15.2. The minimum absolute atomic E-state index is 0.173. The van der Waals surface area contributed by atoms with Crippen LogP contribution >= 0.6 is 0 Å². The average molecular weight is 323 g/mol. The van der Waals surface area contributed by atoms with Crippen LogP contribution in [0.25, 0.3) is 0 Å². The van der Waals surface area contributed by atoms with Crippen LogP contribution in [-0.4, -0.2) is 25.8 Å². The fourth-order valence-corrected chi connectivity index (χ4v) is 3.59. The molecule has 3 atom stereocenters. The SMILES string of the molecule is Cc1nc(C(F)F)nn1CC[C@@]1(C2C=CC=CC2)C[C@H]1C(=O)O. The Balaban J connectivity index is 1.74. The summed E-state index contributed by atoms with van der Waals surface area (Å²) in [6.45, 7) is 2.04. The van der Waals surface area contributed by atoms with Gasteiger partial charge in [0.05, 0.1) is 5.92 Å². The lowest BCUT2D eigenvalue weighted by Gasteiger charge is -2.26. The van der Waals surface area contributed by atoms with Gasteiger partial charge in [-0.05, 0) is 37.5 Å². The Morgan fingerprint density at radius 3 is 2.83 bits per heavy atom. The van der Waals surface area contributed by atoms with Crippen molar-refractivity contribution in [2.75, 3.05) is 0 Å². The number of rotatable bonds is 6. The minimum Gasteiger partial charge on any atom is -0.481 e. The van der Waals surface area contributed by atoms with Gasteiger partial charge >= 0.3 is 5.97 Å². The third-order valence-electron chi connectivity index (χ3n) is 4.99. The van der Waals surface area contributed by atoms with E-state index in [2.05, 4.69) is 16.2 Å². The maximum Gasteiger partial charge on any atom is 0.307 e. The molecule has 0 spiro atoms. The lowest BCUT2D eigenvalue weighted by atomic mass is 9.80. The van der Waals surface area contributed by atoms with Gasteiger partial charge in [-0.1, -0.05) is 24.3 Å². The number of aryl methyl sites for hydroxylation is 2. The van der Waals surface area contributed by atoms with E-state index in [9.17, 15) is 18.7 Å². The average Bonchev–Trinajstić information content (AvgIpc) is 3.16. The Hall–Kier alpha value is -2.05. The summed E-state index contributed by atoms with van der Waals surface area (Å²) in [5, 5.41) is 13.2. The number of halogens is 2. The number of nitrogens with zero attached hydrogens (tertiary/aromatic N) is 3. The number of hydrogen-bond donors (Lipinski definition) is 1. The van der Waals surface area contributed by atoms with Crippen LogP contribution in [0.3, 0.4) is 0 Å². The highest BCUT2D eigenvalue weighted by molar-refractivity contribution is 5.75. The third-order valence-corrected chi connectivity index (χ3v) is 4.99. The molecule has 0 radical (unpaired) electrons. The number of alkyl halides is 2. The molecule has 1 saturated carbocycles. The van der Waals surface area contributed by atoms with Crippen molar-refractivity contribution in [2.45, 2.75) is 39.2 Å². The number of allylic oxidation sites excluding steroid dienone is 4. The second kappa shape index (κ2) is 5.86. The molecule has 0 aliphatic heterocycles. The van der Waals surface area contributed by atoms with Gasteiger partial charge in [0.25, 0.3) is 6.43 Å². The fraction of sp³-hybridized carbons (Fsp3) is 0.562. The topological polar surface area (TPSA) is 68.0 Å². The van der Waals surface area contributed by atoms with E-state index in [-0.39, 0.29) is 17.3 Å². The van der Waals surface area contributed by atoms with Gasteiger partial charge in [0.2, 0.25) is 5.82 Å². The van der Waals surface area contributed by atoms with Crippen molar-refractivity contribution in [2.24, 2.45) is 17.3 Å². The van der Waals surface area contributed by atoms with Crippen LogP contribution in [0.2, 0.25) is 0 Å². The zero-order valence-corrected chi connectivity index (χ0v) is 12.8. The molecular weight excluding hydrogens is 304 g/mol. The third kappa shape index (κ3) is 2.92. The Morgan fingerprint density at radius 1 is 1.52 bits per heavy atom. The fourth-order valence-electron chi connectivity index (χ4n) is 3.59. The van der Waals surface area contributed by atoms with Crippen LogP contribution in [0.5, 0.6) is 0 Å². The predicted molar refractivity (Wildman–Crippen MR) is 78.9 cm³/mol. The van der Waals surface area contributed by atoms with Crippen molar-refractivity contribution >= 4 is 5.97 Å². The highest BCUT2D eigenvalue weighted by Gasteiger charge is 2.61. The molecule has 1 aromatic rings. The van der Waals surface area contributed by atoms with Gasteiger partial charge < -0.3 is 5.11 Å². The molecule has 1 unspecified atom stereocenters. The van der Waals surface area contributed by atoms with E-state index >= 15 is 0 Å². The molecule has 0 amide bonds. The Labute approximate surface area is 132 Å². The van der Waals surface area contributed by atoms with Crippen molar-refractivity contribution in [3.8, 4) is 0 Å². The number of carboxylic acids is 1. The normalized spacial score (nSPS) is 29.2. The number of aromatic nitrogens is 3. The van der Waals surface area contributed by atoms with Gasteiger partial charge in [-0.3, -0.25) is 4.79 Å². The number of carbonyl (C=O) groups is 1. The van der Waals surface area contributed by atoms with Crippen LogP contribution in [0, 0.1) is 24.2 Å². The van der Waals surface area contributed by atoms with Crippen LogP contribution in [0.4, 0.5) is 8.78 Å². The predicted octanol–water partition coefficient (Wildman–Crippen LogP) is 3.14. The molecule has 1 heterocycles. The second-order valence-electron chi connectivity index (χ2n) is 6.27. The molecule has 1 fully saturated rings. The summed E-state index contributed by atoms with van der Waals surface area (Å²) in [6.07, 6.45) is 7.35. The zero-order chi connectivity index (χ0) is 16.6. The number of carboxylic acid groups (broad SMARTS) is 1. The van der Waals surface area contributed by atoms with Gasteiger partial charge in [-0.25, -0.2) is 18.4 Å². The van der Waals surface area contributed by atoms with Gasteiger partial charge in [0.1, 0.15) is 5.82 Å². The molecule has 1 aromatic heterocycles. The van der Waals surface area contributed by atoms with Crippen LogP contribution in [-0.2, 0) is 11.3 Å². The summed E-state index contributed by atoms with van der Waals surface area (Å²) in [6, 6.07) is 0. The highest BCUT2D eigenvalue weighted by Crippen LogP contribution is 2.62. The van der Waals surface area contributed by atoms with E-state index in [0.29, 0.717) is 25.2 Å². The first-order valence-corrected chi connectivity index (χ1v) is 7.69. The number of hydrogen-bond acceptors (Lipinski definition) is 3. The van der Waals surface area contributed by atoms with Gasteiger partial charge in [-0.2, -0.15) is 0 Å². The number of aliphatic carboxylic acids is 1. The van der Waals surface area contributed by atoms with E-state index in [1.807, 2.05) is 18.2 Å². The highest BCUT2D eigenvalue weighted by atomic mass is 19.3. The largest absolute Gasteiger partial charge is 0.481 e. The zero-order valence-electron chi connectivity index (χ0n) is 12.8. The smallest absolute Gasteiger partial charge is 0.307 e. The van der Waals surface area contributed by atoms with Crippen LogP contribution < -0.4 is 0 Å². The summed E-state index contributed by atoms with van der Waals surface area (Å²) in [5.74, 6) is -1.02. The van der Waals surface area contributed by atoms with E-state index in [0.717, 1.165) is 6.42 Å². The van der Waals surface area contributed by atoms with Gasteiger partial charge in [0, 0.05) is 6.54 Å². The lowest BCUT2D eigenvalue weighted by Crippen LogP contribution is -2.23. The molecule has 0 aromatic carbocycles.